The van der Waals surface area contributed by atoms with Gasteiger partial charge in [-0.2, -0.15) is 0 Å². The first-order valence-corrected chi connectivity index (χ1v) is 8.07. The van der Waals surface area contributed by atoms with Crippen molar-refractivity contribution in [3.63, 3.8) is 0 Å². The highest BCUT2D eigenvalue weighted by Gasteiger charge is 2.23. The molecule has 1 aliphatic carbocycles. The van der Waals surface area contributed by atoms with Gasteiger partial charge < -0.3 is 10.6 Å². The van der Waals surface area contributed by atoms with Crippen molar-refractivity contribution in [2.45, 2.75) is 25.8 Å². The molecular weight excluding hydrogens is 300 g/mol. The molecule has 2 N–H and O–H groups in total. The first-order chi connectivity index (χ1) is 11.6. The number of benzene rings is 2. The van der Waals surface area contributed by atoms with Gasteiger partial charge in [0.2, 0.25) is 5.91 Å². The molecule has 3 rings (SSSR count). The maximum atomic E-state index is 12.0. The highest BCUT2D eigenvalue weighted by atomic mass is 16.2. The van der Waals surface area contributed by atoms with Crippen molar-refractivity contribution in [1.29, 1.82) is 0 Å². The summed E-state index contributed by atoms with van der Waals surface area (Å²) in [6.07, 6.45) is 5.37. The molecule has 4 heteroatoms. The summed E-state index contributed by atoms with van der Waals surface area (Å²) >= 11 is 0. The summed E-state index contributed by atoms with van der Waals surface area (Å²) in [6, 6.07) is 15.2. The molecule has 0 aliphatic heterocycles. The zero-order valence-corrected chi connectivity index (χ0v) is 13.6. The van der Waals surface area contributed by atoms with Crippen LogP contribution in [0.3, 0.4) is 0 Å². The van der Waals surface area contributed by atoms with Gasteiger partial charge in [-0.3, -0.25) is 9.59 Å². The van der Waals surface area contributed by atoms with Gasteiger partial charge in [0.05, 0.1) is 0 Å². The van der Waals surface area contributed by atoms with E-state index in [1.54, 1.807) is 18.2 Å². The van der Waals surface area contributed by atoms with Crippen LogP contribution in [0.5, 0.6) is 0 Å². The number of aryl methyl sites for hydroxylation is 1. The van der Waals surface area contributed by atoms with Crippen LogP contribution in [0.15, 0.2) is 54.6 Å². The van der Waals surface area contributed by atoms with Crippen LogP contribution < -0.4 is 10.6 Å². The Kier molecular flexibility index (Phi) is 4.75. The minimum Gasteiger partial charge on any atom is -0.349 e. The highest BCUT2D eigenvalue weighted by Crippen LogP contribution is 2.19. The first-order valence-electron chi connectivity index (χ1n) is 8.07. The Bertz CT molecular complexity index is 774. The lowest BCUT2D eigenvalue weighted by atomic mass is 10.1. The predicted molar refractivity (Wildman–Crippen MR) is 95.8 cm³/mol. The van der Waals surface area contributed by atoms with E-state index in [9.17, 15) is 9.59 Å². The lowest BCUT2D eigenvalue weighted by molar-refractivity contribution is -0.111. The topological polar surface area (TPSA) is 58.2 Å². The summed E-state index contributed by atoms with van der Waals surface area (Å²) in [7, 11) is 0. The summed E-state index contributed by atoms with van der Waals surface area (Å²) in [6.45, 7) is 1.95. The van der Waals surface area contributed by atoms with Crippen molar-refractivity contribution in [2.24, 2.45) is 0 Å². The van der Waals surface area contributed by atoms with E-state index in [-0.39, 0.29) is 11.8 Å². The van der Waals surface area contributed by atoms with Crippen molar-refractivity contribution >= 4 is 23.6 Å². The lowest BCUT2D eigenvalue weighted by Gasteiger charge is -2.05. The van der Waals surface area contributed by atoms with E-state index in [4.69, 9.17) is 0 Å². The minimum absolute atomic E-state index is 0.0367. The van der Waals surface area contributed by atoms with E-state index in [2.05, 4.69) is 10.6 Å². The van der Waals surface area contributed by atoms with Crippen LogP contribution in [0.2, 0.25) is 0 Å². The molecule has 0 aromatic heterocycles. The van der Waals surface area contributed by atoms with Crippen molar-refractivity contribution < 1.29 is 9.59 Å². The Hall–Kier alpha value is -2.88. The highest BCUT2D eigenvalue weighted by molar-refractivity contribution is 6.02. The van der Waals surface area contributed by atoms with Crippen LogP contribution in [0.4, 0.5) is 5.69 Å². The third-order valence-corrected chi connectivity index (χ3v) is 3.92. The molecule has 2 aromatic rings. The third-order valence-electron chi connectivity index (χ3n) is 3.92. The molecule has 0 heterocycles. The van der Waals surface area contributed by atoms with Crippen LogP contribution in [0.1, 0.15) is 34.3 Å². The van der Waals surface area contributed by atoms with E-state index in [1.807, 2.05) is 43.3 Å². The molecule has 0 saturated heterocycles. The molecule has 1 fully saturated rings. The molecule has 4 nitrogen and oxygen atoms in total. The van der Waals surface area contributed by atoms with E-state index in [1.165, 1.54) is 6.08 Å². The van der Waals surface area contributed by atoms with Crippen molar-refractivity contribution in [1.82, 2.24) is 5.32 Å². The molecule has 0 radical (unpaired) electrons. The molecule has 2 amide bonds. The summed E-state index contributed by atoms with van der Waals surface area (Å²) in [5.74, 6) is -0.217. The zero-order chi connectivity index (χ0) is 16.9. The van der Waals surface area contributed by atoms with E-state index in [0.717, 1.165) is 29.7 Å². The van der Waals surface area contributed by atoms with Gasteiger partial charge in [0.15, 0.2) is 0 Å². The normalized spacial score (nSPS) is 13.7. The fourth-order valence-corrected chi connectivity index (χ4v) is 2.30. The quantitative estimate of drug-likeness (QED) is 0.828. The van der Waals surface area contributed by atoms with E-state index >= 15 is 0 Å². The van der Waals surface area contributed by atoms with Gasteiger partial charge in [0, 0.05) is 23.4 Å². The molecular formula is C20H20N2O2. The summed E-state index contributed by atoms with van der Waals surface area (Å²) in [5, 5.41) is 5.80. The molecule has 0 unspecified atom stereocenters. The molecule has 122 valence electrons. The second-order valence-corrected chi connectivity index (χ2v) is 6.01. The van der Waals surface area contributed by atoms with Gasteiger partial charge in [-0.1, -0.05) is 30.3 Å². The summed E-state index contributed by atoms with van der Waals surface area (Å²) < 4.78 is 0. The Labute approximate surface area is 141 Å². The predicted octanol–water partition coefficient (Wildman–Crippen LogP) is 3.54. The molecule has 0 atom stereocenters. The molecule has 24 heavy (non-hydrogen) atoms. The van der Waals surface area contributed by atoms with Gasteiger partial charge in [-0.25, -0.2) is 0 Å². The number of hydrogen-bond donors (Lipinski definition) is 2. The second-order valence-electron chi connectivity index (χ2n) is 6.01. The Balaban J connectivity index is 1.58. The number of amides is 2. The summed E-state index contributed by atoms with van der Waals surface area (Å²) in [5.41, 5.74) is 3.34. The number of carbonyl (C=O) groups is 2. The van der Waals surface area contributed by atoms with E-state index in [0.29, 0.717) is 11.6 Å². The summed E-state index contributed by atoms with van der Waals surface area (Å²) in [4.78, 5) is 23.9. The average Bonchev–Trinajstić information content (AvgIpc) is 3.39. The number of rotatable bonds is 5. The number of carbonyl (C=O) groups excluding carboxylic acids is 2. The van der Waals surface area contributed by atoms with E-state index < -0.39 is 0 Å². The second kappa shape index (κ2) is 7.13. The number of nitrogens with one attached hydrogen (secondary N) is 2. The first kappa shape index (κ1) is 16.0. The molecule has 1 saturated carbocycles. The number of para-hydroxylation sites is 1. The Morgan fingerprint density at radius 1 is 1.04 bits per heavy atom. The van der Waals surface area contributed by atoms with Crippen molar-refractivity contribution in [3.8, 4) is 0 Å². The minimum atomic E-state index is -0.181. The number of anilines is 1. The standard InChI is InChI=1S/C20H20N2O2/c1-14-4-2-3-5-18(14)22-19(23)13-8-15-6-9-16(10-7-15)20(24)21-17-11-12-17/h2-10,13,17H,11-12H2,1H3,(H,21,24)(H,22,23)/b13-8+. The molecule has 0 bridgehead atoms. The smallest absolute Gasteiger partial charge is 0.251 e. The van der Waals surface area contributed by atoms with Gasteiger partial charge in [-0.05, 0) is 55.2 Å². The van der Waals surface area contributed by atoms with Gasteiger partial charge in [-0.15, -0.1) is 0 Å². The lowest BCUT2D eigenvalue weighted by Crippen LogP contribution is -2.25. The third kappa shape index (κ3) is 4.32. The Morgan fingerprint density at radius 2 is 1.75 bits per heavy atom. The van der Waals surface area contributed by atoms with Crippen LogP contribution in [0, 0.1) is 6.92 Å². The van der Waals surface area contributed by atoms with Crippen LogP contribution in [-0.4, -0.2) is 17.9 Å². The SMILES string of the molecule is Cc1ccccc1NC(=O)/C=C/c1ccc(C(=O)NC2CC2)cc1. The van der Waals surface area contributed by atoms with Crippen molar-refractivity contribution in [2.75, 3.05) is 5.32 Å². The molecule has 1 aliphatic rings. The van der Waals surface area contributed by atoms with Crippen LogP contribution >= 0.6 is 0 Å². The maximum Gasteiger partial charge on any atom is 0.251 e. The zero-order valence-electron chi connectivity index (χ0n) is 13.6. The van der Waals surface area contributed by atoms with Crippen molar-refractivity contribution in [3.05, 3.63) is 71.3 Å². The van der Waals surface area contributed by atoms with Gasteiger partial charge in [0.1, 0.15) is 0 Å². The Morgan fingerprint density at radius 3 is 2.42 bits per heavy atom. The number of hydrogen-bond acceptors (Lipinski definition) is 2. The largest absolute Gasteiger partial charge is 0.349 e. The van der Waals surface area contributed by atoms with Crippen LogP contribution in [0.25, 0.3) is 6.08 Å². The molecule has 2 aromatic carbocycles. The average molecular weight is 320 g/mol. The maximum absolute atomic E-state index is 12.0. The van der Waals surface area contributed by atoms with Crippen LogP contribution in [-0.2, 0) is 4.79 Å². The fraction of sp³-hybridized carbons (Fsp3) is 0.200. The molecule has 0 spiro atoms. The fourth-order valence-electron chi connectivity index (χ4n) is 2.30. The monoisotopic (exact) mass is 320 g/mol. The van der Waals surface area contributed by atoms with Gasteiger partial charge >= 0.3 is 0 Å². The van der Waals surface area contributed by atoms with Gasteiger partial charge in [0.25, 0.3) is 5.91 Å².